The zero-order valence-corrected chi connectivity index (χ0v) is 13.4. The summed E-state index contributed by atoms with van der Waals surface area (Å²) in [5.74, 6) is -0.160. The van der Waals surface area contributed by atoms with Gasteiger partial charge in [-0.2, -0.15) is 0 Å². The van der Waals surface area contributed by atoms with Crippen LogP contribution in [0.5, 0.6) is 0 Å². The summed E-state index contributed by atoms with van der Waals surface area (Å²) in [4.78, 5) is 4.92. The van der Waals surface area contributed by atoms with Gasteiger partial charge in [-0.25, -0.2) is 4.39 Å². The summed E-state index contributed by atoms with van der Waals surface area (Å²) in [6, 6.07) is 15.0. The van der Waals surface area contributed by atoms with E-state index in [2.05, 4.69) is 21.9 Å². The molecule has 2 N–H and O–H groups in total. The van der Waals surface area contributed by atoms with Crippen molar-refractivity contribution in [3.05, 3.63) is 59.9 Å². The highest BCUT2D eigenvalue weighted by atomic mass is 19.1. The normalized spacial score (nSPS) is 15.8. The van der Waals surface area contributed by atoms with Gasteiger partial charge in [-0.15, -0.1) is 0 Å². The van der Waals surface area contributed by atoms with E-state index in [4.69, 9.17) is 5.73 Å². The van der Waals surface area contributed by atoms with Crippen molar-refractivity contribution < 1.29 is 4.39 Å². The Hall–Kier alpha value is -2.07. The lowest BCUT2D eigenvalue weighted by Crippen LogP contribution is -2.46. The molecule has 1 saturated heterocycles. The van der Waals surface area contributed by atoms with Crippen LogP contribution in [0, 0.1) is 5.82 Å². The van der Waals surface area contributed by atoms with E-state index in [1.807, 2.05) is 24.3 Å². The van der Waals surface area contributed by atoms with Gasteiger partial charge in [0, 0.05) is 37.6 Å². The van der Waals surface area contributed by atoms with Gasteiger partial charge < -0.3 is 10.6 Å². The molecule has 1 aliphatic heterocycles. The van der Waals surface area contributed by atoms with Gasteiger partial charge in [0.15, 0.2) is 0 Å². The summed E-state index contributed by atoms with van der Waals surface area (Å²) in [6.07, 6.45) is 2.13. The Balaban J connectivity index is 1.40. The molecule has 1 heterocycles. The standard InChI is InChI=1S/C19H24FN3/c20-17-5-3-16(4-6-17)2-1-11-22-12-14-23(15-13-22)19-9-7-18(21)8-10-19/h3-10H,1-2,11-15,21H2. The van der Waals surface area contributed by atoms with Crippen LogP contribution in [0.2, 0.25) is 0 Å². The van der Waals surface area contributed by atoms with Crippen LogP contribution in [0.1, 0.15) is 12.0 Å². The zero-order valence-electron chi connectivity index (χ0n) is 13.4. The van der Waals surface area contributed by atoms with Gasteiger partial charge in [0.25, 0.3) is 0 Å². The maximum absolute atomic E-state index is 12.9. The lowest BCUT2D eigenvalue weighted by molar-refractivity contribution is 0.255. The van der Waals surface area contributed by atoms with Crippen LogP contribution in [-0.2, 0) is 6.42 Å². The van der Waals surface area contributed by atoms with Crippen LogP contribution in [-0.4, -0.2) is 37.6 Å². The second-order valence-electron chi connectivity index (χ2n) is 6.15. The Kier molecular flexibility index (Phi) is 5.13. The molecule has 0 aliphatic carbocycles. The number of benzene rings is 2. The van der Waals surface area contributed by atoms with Gasteiger partial charge >= 0.3 is 0 Å². The summed E-state index contributed by atoms with van der Waals surface area (Å²) in [7, 11) is 0. The van der Waals surface area contributed by atoms with Crippen molar-refractivity contribution >= 4 is 11.4 Å². The highest BCUT2D eigenvalue weighted by Gasteiger charge is 2.16. The van der Waals surface area contributed by atoms with Crippen LogP contribution in [0.25, 0.3) is 0 Å². The SMILES string of the molecule is Nc1ccc(N2CCN(CCCc3ccc(F)cc3)CC2)cc1. The van der Waals surface area contributed by atoms with Gasteiger partial charge in [0.2, 0.25) is 0 Å². The summed E-state index contributed by atoms with van der Waals surface area (Å²) in [5, 5.41) is 0. The maximum Gasteiger partial charge on any atom is 0.123 e. The van der Waals surface area contributed by atoms with Crippen molar-refractivity contribution in [1.29, 1.82) is 0 Å². The highest BCUT2D eigenvalue weighted by molar-refractivity contribution is 5.53. The lowest BCUT2D eigenvalue weighted by Gasteiger charge is -2.36. The molecule has 2 aromatic carbocycles. The number of hydrogen-bond donors (Lipinski definition) is 1. The van der Waals surface area contributed by atoms with E-state index >= 15 is 0 Å². The Bertz CT molecular complexity index is 599. The number of nitrogen functional groups attached to an aromatic ring is 1. The molecule has 0 radical (unpaired) electrons. The van der Waals surface area contributed by atoms with Gasteiger partial charge in [-0.3, -0.25) is 4.90 Å². The molecular weight excluding hydrogens is 289 g/mol. The average Bonchev–Trinajstić information content (AvgIpc) is 2.58. The third kappa shape index (κ3) is 4.45. The molecular formula is C19H24FN3. The lowest BCUT2D eigenvalue weighted by atomic mass is 10.1. The maximum atomic E-state index is 12.9. The van der Waals surface area contributed by atoms with Crippen molar-refractivity contribution in [3.8, 4) is 0 Å². The summed E-state index contributed by atoms with van der Waals surface area (Å²) in [6.45, 7) is 5.40. The number of anilines is 2. The van der Waals surface area contributed by atoms with Crippen LogP contribution < -0.4 is 10.6 Å². The van der Waals surface area contributed by atoms with Gasteiger partial charge in [0.1, 0.15) is 5.82 Å². The molecule has 23 heavy (non-hydrogen) atoms. The number of piperazine rings is 1. The van der Waals surface area contributed by atoms with Crippen LogP contribution >= 0.6 is 0 Å². The van der Waals surface area contributed by atoms with E-state index in [-0.39, 0.29) is 5.82 Å². The van der Waals surface area contributed by atoms with E-state index in [1.54, 1.807) is 12.1 Å². The molecule has 0 bridgehead atoms. The third-order valence-corrected chi connectivity index (χ3v) is 4.48. The molecule has 0 unspecified atom stereocenters. The predicted molar refractivity (Wildman–Crippen MR) is 94.2 cm³/mol. The Morgan fingerprint density at radius 2 is 1.52 bits per heavy atom. The van der Waals surface area contributed by atoms with Gasteiger partial charge in [0.05, 0.1) is 0 Å². The molecule has 4 heteroatoms. The van der Waals surface area contributed by atoms with Gasteiger partial charge in [-0.05, 0) is 61.3 Å². The first kappa shape index (κ1) is 15.8. The molecule has 0 amide bonds. The number of rotatable bonds is 5. The predicted octanol–water partition coefficient (Wildman–Crippen LogP) is 3.16. The van der Waals surface area contributed by atoms with Crippen LogP contribution in [0.4, 0.5) is 15.8 Å². The van der Waals surface area contributed by atoms with Crippen molar-refractivity contribution in [3.63, 3.8) is 0 Å². The van der Waals surface area contributed by atoms with Gasteiger partial charge in [-0.1, -0.05) is 12.1 Å². The minimum atomic E-state index is -0.160. The van der Waals surface area contributed by atoms with E-state index < -0.39 is 0 Å². The third-order valence-electron chi connectivity index (χ3n) is 4.48. The largest absolute Gasteiger partial charge is 0.399 e. The van der Waals surface area contributed by atoms with Crippen molar-refractivity contribution in [2.45, 2.75) is 12.8 Å². The second kappa shape index (κ2) is 7.47. The fourth-order valence-corrected chi connectivity index (χ4v) is 3.07. The smallest absolute Gasteiger partial charge is 0.123 e. The first-order chi connectivity index (χ1) is 11.2. The van der Waals surface area contributed by atoms with E-state index in [0.29, 0.717) is 0 Å². The monoisotopic (exact) mass is 313 g/mol. The summed E-state index contributed by atoms with van der Waals surface area (Å²) in [5.41, 5.74) is 9.02. The average molecular weight is 313 g/mol. The zero-order chi connectivity index (χ0) is 16.1. The number of halogens is 1. The Morgan fingerprint density at radius 1 is 0.870 bits per heavy atom. The molecule has 1 aliphatic rings. The molecule has 2 aromatic rings. The second-order valence-corrected chi connectivity index (χ2v) is 6.15. The molecule has 122 valence electrons. The fourth-order valence-electron chi connectivity index (χ4n) is 3.07. The highest BCUT2D eigenvalue weighted by Crippen LogP contribution is 2.18. The Morgan fingerprint density at radius 3 is 2.17 bits per heavy atom. The number of nitrogens with two attached hydrogens (primary N) is 1. The van der Waals surface area contributed by atoms with E-state index in [1.165, 1.54) is 11.3 Å². The quantitative estimate of drug-likeness (QED) is 0.861. The number of nitrogens with zero attached hydrogens (tertiary/aromatic N) is 2. The summed E-state index contributed by atoms with van der Waals surface area (Å²) < 4.78 is 12.9. The molecule has 0 saturated carbocycles. The van der Waals surface area contributed by atoms with E-state index in [0.717, 1.165) is 51.3 Å². The minimum absolute atomic E-state index is 0.160. The van der Waals surface area contributed by atoms with Crippen molar-refractivity contribution in [2.75, 3.05) is 43.4 Å². The van der Waals surface area contributed by atoms with Crippen LogP contribution in [0.3, 0.4) is 0 Å². The molecule has 0 aromatic heterocycles. The molecule has 1 fully saturated rings. The number of aryl methyl sites for hydroxylation is 1. The topological polar surface area (TPSA) is 32.5 Å². The van der Waals surface area contributed by atoms with E-state index in [9.17, 15) is 4.39 Å². The molecule has 3 nitrogen and oxygen atoms in total. The first-order valence-corrected chi connectivity index (χ1v) is 8.28. The summed E-state index contributed by atoms with van der Waals surface area (Å²) >= 11 is 0. The molecule has 0 spiro atoms. The van der Waals surface area contributed by atoms with Crippen molar-refractivity contribution in [1.82, 2.24) is 4.90 Å². The van der Waals surface area contributed by atoms with Crippen molar-refractivity contribution in [2.24, 2.45) is 0 Å². The Labute approximate surface area is 137 Å². The fraction of sp³-hybridized carbons (Fsp3) is 0.368. The molecule has 0 atom stereocenters. The minimum Gasteiger partial charge on any atom is -0.399 e. The number of hydrogen-bond acceptors (Lipinski definition) is 3. The molecule has 3 rings (SSSR count). The van der Waals surface area contributed by atoms with Crippen LogP contribution in [0.15, 0.2) is 48.5 Å². The first-order valence-electron chi connectivity index (χ1n) is 8.28.